The third-order valence-corrected chi connectivity index (χ3v) is 5.14. The molecule has 0 unspecified atom stereocenters. The van der Waals surface area contributed by atoms with E-state index in [1.807, 2.05) is 40.9 Å². The molecule has 7 nitrogen and oxygen atoms in total. The Labute approximate surface area is 163 Å². The average Bonchev–Trinajstić information content (AvgIpc) is 3.18. The Morgan fingerprint density at radius 2 is 1.96 bits per heavy atom. The number of hydrogen-bond acceptors (Lipinski definition) is 5. The van der Waals surface area contributed by atoms with Crippen molar-refractivity contribution in [3.8, 4) is 5.75 Å². The zero-order chi connectivity index (χ0) is 19.3. The molecule has 1 saturated heterocycles. The summed E-state index contributed by atoms with van der Waals surface area (Å²) in [7, 11) is 1.65. The predicted octanol–water partition coefficient (Wildman–Crippen LogP) is 2.60. The summed E-state index contributed by atoms with van der Waals surface area (Å²) >= 11 is 0. The lowest BCUT2D eigenvalue weighted by atomic mass is 9.99. The van der Waals surface area contributed by atoms with Crippen molar-refractivity contribution in [3.05, 3.63) is 59.5 Å². The normalized spacial score (nSPS) is 14.9. The van der Waals surface area contributed by atoms with Gasteiger partial charge >= 0.3 is 0 Å². The number of ether oxygens (including phenoxy) is 2. The molecule has 0 spiro atoms. The number of aromatic nitrogens is 3. The first-order chi connectivity index (χ1) is 13.7. The van der Waals surface area contributed by atoms with Crippen molar-refractivity contribution in [2.75, 3.05) is 26.9 Å². The van der Waals surface area contributed by atoms with Crippen LogP contribution in [0.3, 0.4) is 0 Å². The van der Waals surface area contributed by atoms with Crippen LogP contribution in [0.15, 0.2) is 42.6 Å². The number of methoxy groups -OCH3 is 1. The Morgan fingerprint density at radius 1 is 1.18 bits per heavy atom. The van der Waals surface area contributed by atoms with Crippen LogP contribution in [0.25, 0.3) is 5.65 Å². The topological polar surface area (TPSA) is 77.8 Å². The molecule has 7 heteroatoms. The van der Waals surface area contributed by atoms with Crippen LogP contribution in [0, 0.1) is 0 Å². The molecule has 3 heterocycles. The fraction of sp³-hybridized carbons (Fsp3) is 0.381. The molecule has 1 N–H and O–H groups in total. The second-order valence-electron chi connectivity index (χ2n) is 6.94. The molecule has 28 heavy (non-hydrogen) atoms. The van der Waals surface area contributed by atoms with E-state index >= 15 is 0 Å². The molecule has 0 saturated carbocycles. The maximum Gasteiger partial charge on any atom is 0.252 e. The number of carbonyl (C=O) groups excluding carboxylic acids is 1. The number of rotatable bonds is 6. The standard InChI is InChI=1S/C21H24N4O3/c1-27-18-5-2-15(3-6-18)8-11-22-21(26)17-4-7-19-23-24-20(25(19)14-17)16-9-12-28-13-10-16/h2-7,14,16H,8-13H2,1H3,(H,22,26). The Balaban J connectivity index is 1.41. The fourth-order valence-electron chi connectivity index (χ4n) is 3.49. The van der Waals surface area contributed by atoms with Crippen LogP contribution in [0.2, 0.25) is 0 Å². The summed E-state index contributed by atoms with van der Waals surface area (Å²) in [5, 5.41) is 11.6. The third kappa shape index (κ3) is 3.99. The van der Waals surface area contributed by atoms with Crippen LogP contribution in [-0.4, -0.2) is 47.4 Å². The van der Waals surface area contributed by atoms with Gasteiger partial charge in [-0.25, -0.2) is 0 Å². The monoisotopic (exact) mass is 380 g/mol. The van der Waals surface area contributed by atoms with E-state index in [1.54, 1.807) is 13.2 Å². The molecular formula is C21H24N4O3. The fourth-order valence-corrected chi connectivity index (χ4v) is 3.49. The maximum absolute atomic E-state index is 12.6. The molecule has 4 rings (SSSR count). The molecule has 1 aliphatic heterocycles. The number of nitrogens with zero attached hydrogens (tertiary/aromatic N) is 3. The molecule has 0 bridgehead atoms. The van der Waals surface area contributed by atoms with Gasteiger partial charge in [-0.3, -0.25) is 9.20 Å². The zero-order valence-electron chi connectivity index (χ0n) is 15.9. The molecule has 0 aliphatic carbocycles. The van der Waals surface area contributed by atoms with Crippen molar-refractivity contribution in [2.45, 2.75) is 25.2 Å². The molecule has 146 valence electrons. The van der Waals surface area contributed by atoms with Crippen LogP contribution in [0.5, 0.6) is 5.75 Å². The van der Waals surface area contributed by atoms with E-state index in [1.165, 1.54) is 0 Å². The summed E-state index contributed by atoms with van der Waals surface area (Å²) in [4.78, 5) is 12.6. The van der Waals surface area contributed by atoms with Crippen LogP contribution in [-0.2, 0) is 11.2 Å². The lowest BCUT2D eigenvalue weighted by Gasteiger charge is -2.20. The third-order valence-electron chi connectivity index (χ3n) is 5.14. The molecule has 0 atom stereocenters. The molecule has 1 amide bonds. The van der Waals surface area contributed by atoms with Gasteiger partial charge in [-0.1, -0.05) is 12.1 Å². The van der Waals surface area contributed by atoms with Gasteiger partial charge in [0.15, 0.2) is 5.65 Å². The quantitative estimate of drug-likeness (QED) is 0.711. The second kappa shape index (κ2) is 8.39. The van der Waals surface area contributed by atoms with E-state index in [9.17, 15) is 4.79 Å². The number of hydrogen-bond donors (Lipinski definition) is 1. The van der Waals surface area contributed by atoms with E-state index in [4.69, 9.17) is 9.47 Å². The number of nitrogens with one attached hydrogen (secondary N) is 1. The first-order valence-corrected chi connectivity index (χ1v) is 9.58. The van der Waals surface area contributed by atoms with Gasteiger partial charge in [-0.05, 0) is 49.1 Å². The van der Waals surface area contributed by atoms with Crippen molar-refractivity contribution >= 4 is 11.6 Å². The van der Waals surface area contributed by atoms with Gasteiger partial charge in [0.05, 0.1) is 12.7 Å². The SMILES string of the molecule is COc1ccc(CCNC(=O)c2ccc3nnc(C4CCOCC4)n3c2)cc1. The number of pyridine rings is 1. The number of benzene rings is 1. The average molecular weight is 380 g/mol. The molecular weight excluding hydrogens is 356 g/mol. The number of fused-ring (bicyclic) bond motifs is 1. The minimum absolute atomic E-state index is 0.0953. The van der Waals surface area contributed by atoms with Crippen molar-refractivity contribution < 1.29 is 14.3 Å². The van der Waals surface area contributed by atoms with Crippen LogP contribution < -0.4 is 10.1 Å². The minimum atomic E-state index is -0.0953. The predicted molar refractivity (Wildman–Crippen MR) is 105 cm³/mol. The molecule has 0 radical (unpaired) electrons. The summed E-state index contributed by atoms with van der Waals surface area (Å²) in [6.07, 6.45) is 4.46. The highest BCUT2D eigenvalue weighted by molar-refractivity contribution is 5.94. The van der Waals surface area contributed by atoms with Crippen LogP contribution in [0.1, 0.15) is 40.5 Å². The highest BCUT2D eigenvalue weighted by Gasteiger charge is 2.21. The van der Waals surface area contributed by atoms with Crippen LogP contribution >= 0.6 is 0 Å². The Morgan fingerprint density at radius 3 is 2.71 bits per heavy atom. The first-order valence-electron chi connectivity index (χ1n) is 9.58. The second-order valence-corrected chi connectivity index (χ2v) is 6.94. The summed E-state index contributed by atoms with van der Waals surface area (Å²) in [5.41, 5.74) is 2.52. The van der Waals surface area contributed by atoms with E-state index in [-0.39, 0.29) is 5.91 Å². The molecule has 2 aromatic heterocycles. The Bertz CT molecular complexity index is 946. The van der Waals surface area contributed by atoms with Gasteiger partial charge in [-0.15, -0.1) is 10.2 Å². The smallest absolute Gasteiger partial charge is 0.252 e. The summed E-state index contributed by atoms with van der Waals surface area (Å²) in [6.45, 7) is 2.05. The summed E-state index contributed by atoms with van der Waals surface area (Å²) < 4.78 is 12.5. The van der Waals surface area contributed by atoms with Crippen molar-refractivity contribution in [1.82, 2.24) is 19.9 Å². The van der Waals surface area contributed by atoms with E-state index in [2.05, 4.69) is 15.5 Å². The van der Waals surface area contributed by atoms with Gasteiger partial charge in [0.25, 0.3) is 5.91 Å². The van der Waals surface area contributed by atoms with E-state index in [0.717, 1.165) is 55.3 Å². The molecule has 1 aromatic carbocycles. The Kier molecular flexibility index (Phi) is 5.53. The van der Waals surface area contributed by atoms with Gasteiger partial charge < -0.3 is 14.8 Å². The van der Waals surface area contributed by atoms with Crippen molar-refractivity contribution in [3.63, 3.8) is 0 Å². The molecule has 1 fully saturated rings. The maximum atomic E-state index is 12.6. The highest BCUT2D eigenvalue weighted by Crippen LogP contribution is 2.26. The highest BCUT2D eigenvalue weighted by atomic mass is 16.5. The minimum Gasteiger partial charge on any atom is -0.497 e. The van der Waals surface area contributed by atoms with E-state index < -0.39 is 0 Å². The van der Waals surface area contributed by atoms with Crippen LogP contribution in [0.4, 0.5) is 0 Å². The summed E-state index contributed by atoms with van der Waals surface area (Å²) in [6, 6.07) is 11.5. The Hall–Kier alpha value is -2.93. The lowest BCUT2D eigenvalue weighted by molar-refractivity contribution is 0.0833. The zero-order valence-corrected chi connectivity index (χ0v) is 15.9. The van der Waals surface area contributed by atoms with Crippen molar-refractivity contribution in [2.24, 2.45) is 0 Å². The van der Waals surface area contributed by atoms with Gasteiger partial charge in [0.1, 0.15) is 11.6 Å². The summed E-state index contributed by atoms with van der Waals surface area (Å²) in [5.74, 6) is 1.96. The van der Waals surface area contributed by atoms with E-state index in [0.29, 0.717) is 18.0 Å². The molecule has 3 aromatic rings. The number of carbonyl (C=O) groups is 1. The first kappa shape index (κ1) is 18.4. The van der Waals surface area contributed by atoms with Gasteiger partial charge in [-0.2, -0.15) is 0 Å². The van der Waals surface area contributed by atoms with Gasteiger partial charge in [0, 0.05) is 31.9 Å². The lowest BCUT2D eigenvalue weighted by Crippen LogP contribution is -2.26. The number of amides is 1. The largest absolute Gasteiger partial charge is 0.497 e. The van der Waals surface area contributed by atoms with Gasteiger partial charge in [0.2, 0.25) is 0 Å². The molecule has 1 aliphatic rings. The van der Waals surface area contributed by atoms with Crippen molar-refractivity contribution in [1.29, 1.82) is 0 Å².